The largest absolute Gasteiger partial charge is 0.480 e. The summed E-state index contributed by atoms with van der Waals surface area (Å²) in [6.45, 7) is 3.44. The van der Waals surface area contributed by atoms with Gasteiger partial charge in [-0.3, -0.25) is 0 Å². The van der Waals surface area contributed by atoms with Crippen LogP contribution in [0.5, 0.6) is 0 Å². The van der Waals surface area contributed by atoms with Crippen LogP contribution in [0.25, 0.3) is 10.9 Å². The molecular formula is C12H12FNO2. The average molecular weight is 221 g/mol. The number of hydrogen-bond acceptors (Lipinski definition) is 1. The van der Waals surface area contributed by atoms with Gasteiger partial charge in [0.05, 0.1) is 0 Å². The number of benzene rings is 1. The first kappa shape index (κ1) is 10.7. The normalized spacial score (nSPS) is 12.9. The van der Waals surface area contributed by atoms with Gasteiger partial charge in [0.1, 0.15) is 11.9 Å². The summed E-state index contributed by atoms with van der Waals surface area (Å²) in [4.78, 5) is 10.9. The number of carboxylic acid groups (broad SMARTS) is 1. The highest BCUT2D eigenvalue weighted by molar-refractivity contribution is 5.86. The van der Waals surface area contributed by atoms with Gasteiger partial charge in [-0.2, -0.15) is 0 Å². The summed E-state index contributed by atoms with van der Waals surface area (Å²) in [7, 11) is 0. The molecule has 84 valence electrons. The van der Waals surface area contributed by atoms with Gasteiger partial charge in [-0.25, -0.2) is 9.18 Å². The first-order valence-electron chi connectivity index (χ1n) is 5.00. The van der Waals surface area contributed by atoms with Gasteiger partial charge in [-0.1, -0.05) is 0 Å². The lowest BCUT2D eigenvalue weighted by molar-refractivity contribution is -0.140. The van der Waals surface area contributed by atoms with Crippen molar-refractivity contribution < 1.29 is 14.3 Å². The van der Waals surface area contributed by atoms with Gasteiger partial charge < -0.3 is 9.67 Å². The number of carboxylic acids is 1. The molecule has 1 N–H and O–H groups in total. The van der Waals surface area contributed by atoms with Gasteiger partial charge in [0.25, 0.3) is 0 Å². The Morgan fingerprint density at radius 3 is 2.81 bits per heavy atom. The van der Waals surface area contributed by atoms with Crippen molar-refractivity contribution in [2.75, 3.05) is 0 Å². The van der Waals surface area contributed by atoms with E-state index < -0.39 is 12.0 Å². The summed E-state index contributed by atoms with van der Waals surface area (Å²) in [6.07, 6.45) is 1.74. The van der Waals surface area contributed by atoms with Crippen LogP contribution in [-0.4, -0.2) is 15.6 Å². The molecule has 3 nitrogen and oxygen atoms in total. The number of aryl methyl sites for hydroxylation is 1. The van der Waals surface area contributed by atoms with Crippen LogP contribution in [0.1, 0.15) is 18.5 Å². The van der Waals surface area contributed by atoms with Crippen molar-refractivity contribution in [3.63, 3.8) is 0 Å². The Kier molecular flexibility index (Phi) is 2.42. The molecule has 4 heteroatoms. The van der Waals surface area contributed by atoms with E-state index in [1.54, 1.807) is 23.8 Å². The van der Waals surface area contributed by atoms with E-state index in [2.05, 4.69) is 0 Å². The zero-order valence-electron chi connectivity index (χ0n) is 9.07. The minimum absolute atomic E-state index is 0.309. The molecule has 16 heavy (non-hydrogen) atoms. The van der Waals surface area contributed by atoms with Crippen molar-refractivity contribution in [1.29, 1.82) is 0 Å². The summed E-state index contributed by atoms with van der Waals surface area (Å²) in [5.74, 6) is -1.21. The fourth-order valence-corrected chi connectivity index (χ4v) is 1.84. The highest BCUT2D eigenvalue weighted by atomic mass is 19.1. The predicted molar refractivity (Wildman–Crippen MR) is 59.0 cm³/mol. The third-order valence-electron chi connectivity index (χ3n) is 2.77. The molecule has 0 spiro atoms. The van der Waals surface area contributed by atoms with Crippen LogP contribution < -0.4 is 0 Å². The van der Waals surface area contributed by atoms with Crippen LogP contribution in [-0.2, 0) is 4.79 Å². The quantitative estimate of drug-likeness (QED) is 0.847. The van der Waals surface area contributed by atoms with E-state index in [0.717, 1.165) is 16.5 Å². The van der Waals surface area contributed by atoms with Crippen molar-refractivity contribution in [2.24, 2.45) is 0 Å². The van der Waals surface area contributed by atoms with Crippen LogP contribution in [0, 0.1) is 12.7 Å². The Morgan fingerprint density at radius 2 is 2.19 bits per heavy atom. The van der Waals surface area contributed by atoms with E-state index in [4.69, 9.17) is 5.11 Å². The molecule has 1 unspecified atom stereocenters. The third kappa shape index (κ3) is 1.56. The number of rotatable bonds is 2. The van der Waals surface area contributed by atoms with Gasteiger partial charge in [-0.05, 0) is 37.6 Å². The van der Waals surface area contributed by atoms with Crippen LogP contribution in [0.2, 0.25) is 0 Å². The number of hydrogen-bond donors (Lipinski definition) is 1. The van der Waals surface area contributed by atoms with Gasteiger partial charge in [0, 0.05) is 17.1 Å². The summed E-state index contributed by atoms with van der Waals surface area (Å²) in [5.41, 5.74) is 1.62. The van der Waals surface area contributed by atoms with Crippen LogP contribution in [0.4, 0.5) is 4.39 Å². The van der Waals surface area contributed by atoms with Gasteiger partial charge in [0.15, 0.2) is 0 Å². The van der Waals surface area contributed by atoms with Crippen molar-refractivity contribution in [1.82, 2.24) is 4.57 Å². The average Bonchev–Trinajstić information content (AvgIpc) is 2.55. The Bertz CT molecular complexity index is 559. The maximum absolute atomic E-state index is 13.1. The van der Waals surface area contributed by atoms with Crippen LogP contribution >= 0.6 is 0 Å². The van der Waals surface area contributed by atoms with Crippen molar-refractivity contribution >= 4 is 16.9 Å². The molecule has 0 aliphatic heterocycles. The summed E-state index contributed by atoms with van der Waals surface area (Å²) < 4.78 is 14.7. The highest BCUT2D eigenvalue weighted by Gasteiger charge is 2.16. The Hall–Kier alpha value is -1.84. The molecule has 2 aromatic rings. The summed E-state index contributed by atoms with van der Waals surface area (Å²) >= 11 is 0. The maximum atomic E-state index is 13.1. The Balaban J connectivity index is 2.68. The second kappa shape index (κ2) is 3.63. The molecule has 0 saturated heterocycles. The van der Waals surface area contributed by atoms with E-state index in [9.17, 15) is 9.18 Å². The van der Waals surface area contributed by atoms with E-state index in [1.165, 1.54) is 12.1 Å². The van der Waals surface area contributed by atoms with Crippen LogP contribution in [0.15, 0.2) is 24.4 Å². The van der Waals surface area contributed by atoms with E-state index >= 15 is 0 Å². The number of halogens is 1. The minimum Gasteiger partial charge on any atom is -0.480 e. The molecule has 1 aromatic carbocycles. The molecule has 0 amide bonds. The molecule has 1 heterocycles. The third-order valence-corrected chi connectivity index (χ3v) is 2.77. The zero-order valence-corrected chi connectivity index (χ0v) is 9.07. The molecule has 0 fully saturated rings. The lowest BCUT2D eigenvalue weighted by Gasteiger charge is -2.09. The number of aromatic nitrogens is 1. The fraction of sp³-hybridized carbons (Fsp3) is 0.250. The second-order valence-corrected chi connectivity index (χ2v) is 3.90. The molecular weight excluding hydrogens is 209 g/mol. The smallest absolute Gasteiger partial charge is 0.326 e. The van der Waals surface area contributed by atoms with Gasteiger partial charge in [0.2, 0.25) is 0 Å². The number of carbonyl (C=O) groups is 1. The van der Waals surface area contributed by atoms with Crippen molar-refractivity contribution in [3.8, 4) is 0 Å². The molecule has 0 radical (unpaired) electrons. The Morgan fingerprint density at radius 1 is 1.50 bits per heavy atom. The summed E-state index contributed by atoms with van der Waals surface area (Å²) in [5, 5.41) is 9.72. The zero-order chi connectivity index (χ0) is 11.9. The van der Waals surface area contributed by atoms with Crippen molar-refractivity contribution in [2.45, 2.75) is 19.9 Å². The van der Waals surface area contributed by atoms with Gasteiger partial charge >= 0.3 is 5.97 Å². The Labute approximate surface area is 92.1 Å². The fourth-order valence-electron chi connectivity index (χ4n) is 1.84. The van der Waals surface area contributed by atoms with E-state index in [-0.39, 0.29) is 5.82 Å². The molecule has 0 aliphatic carbocycles. The topological polar surface area (TPSA) is 42.2 Å². The van der Waals surface area contributed by atoms with Gasteiger partial charge in [-0.15, -0.1) is 0 Å². The summed E-state index contributed by atoms with van der Waals surface area (Å²) in [6, 6.07) is 3.72. The standard InChI is InChI=1S/C12H12FNO2/c1-7-6-14(8(2)12(15)16)11-4-3-9(13)5-10(7)11/h3-6,8H,1-2H3,(H,15,16). The molecule has 0 saturated carbocycles. The lowest BCUT2D eigenvalue weighted by atomic mass is 10.2. The van der Waals surface area contributed by atoms with E-state index in [0.29, 0.717) is 0 Å². The number of nitrogens with zero attached hydrogens (tertiary/aromatic N) is 1. The second-order valence-electron chi connectivity index (χ2n) is 3.90. The minimum atomic E-state index is -0.902. The molecule has 2 rings (SSSR count). The monoisotopic (exact) mass is 221 g/mol. The van der Waals surface area contributed by atoms with E-state index in [1.807, 2.05) is 6.92 Å². The maximum Gasteiger partial charge on any atom is 0.326 e. The first-order chi connectivity index (χ1) is 7.50. The highest BCUT2D eigenvalue weighted by Crippen LogP contribution is 2.25. The number of fused-ring (bicyclic) bond motifs is 1. The lowest BCUT2D eigenvalue weighted by Crippen LogP contribution is -2.14. The van der Waals surface area contributed by atoms with Crippen LogP contribution in [0.3, 0.4) is 0 Å². The predicted octanol–water partition coefficient (Wildman–Crippen LogP) is 2.73. The molecule has 1 atom stereocenters. The number of aliphatic carboxylic acids is 1. The first-order valence-corrected chi connectivity index (χ1v) is 5.00. The SMILES string of the molecule is Cc1cn(C(C)C(=O)O)c2ccc(F)cc12. The molecule has 0 aliphatic rings. The molecule has 1 aromatic heterocycles. The van der Waals surface area contributed by atoms with Crippen molar-refractivity contribution in [3.05, 3.63) is 35.8 Å². The molecule has 0 bridgehead atoms.